The van der Waals surface area contributed by atoms with Crippen LogP contribution in [0.3, 0.4) is 0 Å². The molecule has 0 aliphatic carbocycles. The third-order valence-corrected chi connectivity index (χ3v) is 5.37. The standard InChI is InChI=1S/C15H27N3S/c1-4-14(5-2)18-8-7-13(17-18)9-12-10-19-11-15(12)16-6-3/h7-8,12,14-16H,4-6,9-11H2,1-3H3. The van der Waals surface area contributed by atoms with E-state index in [1.54, 1.807) is 0 Å². The van der Waals surface area contributed by atoms with Gasteiger partial charge >= 0.3 is 0 Å². The lowest BCUT2D eigenvalue weighted by molar-refractivity contribution is 0.409. The van der Waals surface area contributed by atoms with E-state index in [1.807, 2.05) is 0 Å². The van der Waals surface area contributed by atoms with Gasteiger partial charge in [-0.1, -0.05) is 20.8 Å². The second-order valence-corrected chi connectivity index (χ2v) is 6.50. The molecule has 1 aromatic heterocycles. The van der Waals surface area contributed by atoms with Crippen LogP contribution >= 0.6 is 11.8 Å². The highest BCUT2D eigenvalue weighted by molar-refractivity contribution is 7.99. The molecule has 2 heterocycles. The van der Waals surface area contributed by atoms with Gasteiger partial charge in [-0.3, -0.25) is 4.68 Å². The summed E-state index contributed by atoms with van der Waals surface area (Å²) < 4.78 is 2.17. The van der Waals surface area contributed by atoms with Crippen LogP contribution in [0.5, 0.6) is 0 Å². The first kappa shape index (κ1) is 14.9. The first-order chi connectivity index (χ1) is 9.28. The van der Waals surface area contributed by atoms with Gasteiger partial charge in [-0.15, -0.1) is 0 Å². The molecule has 0 aromatic carbocycles. The summed E-state index contributed by atoms with van der Waals surface area (Å²) in [7, 11) is 0. The third kappa shape index (κ3) is 3.76. The topological polar surface area (TPSA) is 29.9 Å². The lowest BCUT2D eigenvalue weighted by atomic mass is 9.98. The predicted molar refractivity (Wildman–Crippen MR) is 83.8 cm³/mol. The van der Waals surface area contributed by atoms with Crippen LogP contribution in [0.25, 0.3) is 0 Å². The van der Waals surface area contributed by atoms with E-state index in [1.165, 1.54) is 17.2 Å². The Morgan fingerprint density at radius 2 is 2.16 bits per heavy atom. The average molecular weight is 281 g/mol. The predicted octanol–water partition coefficient (Wildman–Crippen LogP) is 3.13. The first-order valence-electron chi connectivity index (χ1n) is 7.63. The minimum Gasteiger partial charge on any atom is -0.313 e. The fourth-order valence-corrected chi connectivity index (χ4v) is 4.34. The van der Waals surface area contributed by atoms with E-state index in [2.05, 4.69) is 54.8 Å². The molecule has 1 N–H and O–H groups in total. The molecule has 2 atom stereocenters. The largest absolute Gasteiger partial charge is 0.313 e. The van der Waals surface area contributed by atoms with Crippen LogP contribution in [0.15, 0.2) is 12.3 Å². The minimum atomic E-state index is 0.566. The van der Waals surface area contributed by atoms with Crippen LogP contribution in [-0.2, 0) is 6.42 Å². The second kappa shape index (κ2) is 7.34. The highest BCUT2D eigenvalue weighted by Crippen LogP contribution is 2.27. The number of nitrogens with zero attached hydrogens (tertiary/aromatic N) is 2. The normalized spacial score (nSPS) is 23.4. The smallest absolute Gasteiger partial charge is 0.0628 e. The Morgan fingerprint density at radius 3 is 2.84 bits per heavy atom. The van der Waals surface area contributed by atoms with Gasteiger partial charge in [-0.2, -0.15) is 16.9 Å². The van der Waals surface area contributed by atoms with Crippen molar-refractivity contribution >= 4 is 11.8 Å². The molecular weight excluding hydrogens is 254 g/mol. The Kier molecular flexibility index (Phi) is 5.76. The fraction of sp³-hybridized carbons (Fsp3) is 0.800. The van der Waals surface area contributed by atoms with Crippen LogP contribution in [0, 0.1) is 5.92 Å². The highest BCUT2D eigenvalue weighted by Gasteiger charge is 2.27. The molecule has 3 nitrogen and oxygen atoms in total. The summed E-state index contributed by atoms with van der Waals surface area (Å²) in [5.41, 5.74) is 1.27. The van der Waals surface area contributed by atoms with Gasteiger partial charge in [0, 0.05) is 18.0 Å². The fourth-order valence-electron chi connectivity index (χ4n) is 2.91. The number of rotatable bonds is 7. The Labute approximate surface area is 121 Å². The number of thioether (sulfide) groups is 1. The van der Waals surface area contributed by atoms with Crippen molar-refractivity contribution in [1.29, 1.82) is 0 Å². The minimum absolute atomic E-state index is 0.566. The number of nitrogens with one attached hydrogen (secondary N) is 1. The van der Waals surface area contributed by atoms with Crippen LogP contribution in [-0.4, -0.2) is 33.9 Å². The van der Waals surface area contributed by atoms with Crippen molar-refractivity contribution in [3.63, 3.8) is 0 Å². The van der Waals surface area contributed by atoms with Gasteiger partial charge in [-0.25, -0.2) is 0 Å². The molecule has 1 fully saturated rings. The number of hydrogen-bond acceptors (Lipinski definition) is 3. The maximum absolute atomic E-state index is 4.79. The quantitative estimate of drug-likeness (QED) is 0.833. The third-order valence-electron chi connectivity index (χ3n) is 4.12. The van der Waals surface area contributed by atoms with Gasteiger partial charge in [0.25, 0.3) is 0 Å². The summed E-state index contributed by atoms with van der Waals surface area (Å²) in [4.78, 5) is 0. The first-order valence-corrected chi connectivity index (χ1v) is 8.79. The molecule has 0 radical (unpaired) electrons. The molecule has 0 saturated carbocycles. The summed E-state index contributed by atoms with van der Waals surface area (Å²) in [5, 5.41) is 8.40. The molecule has 1 saturated heterocycles. The molecule has 0 amide bonds. The molecule has 4 heteroatoms. The molecule has 0 bridgehead atoms. The molecule has 2 unspecified atom stereocenters. The molecule has 108 valence electrons. The van der Waals surface area contributed by atoms with Crippen LogP contribution < -0.4 is 5.32 Å². The summed E-state index contributed by atoms with van der Waals surface area (Å²) in [6.07, 6.45) is 5.61. The van der Waals surface area contributed by atoms with E-state index < -0.39 is 0 Å². The van der Waals surface area contributed by atoms with E-state index in [0.29, 0.717) is 12.1 Å². The van der Waals surface area contributed by atoms with Crippen molar-refractivity contribution in [3.05, 3.63) is 18.0 Å². The maximum Gasteiger partial charge on any atom is 0.0628 e. The second-order valence-electron chi connectivity index (χ2n) is 5.42. The van der Waals surface area contributed by atoms with Crippen molar-refractivity contribution in [2.75, 3.05) is 18.1 Å². The Balaban J connectivity index is 1.95. The van der Waals surface area contributed by atoms with E-state index >= 15 is 0 Å². The molecule has 1 aromatic rings. The molecular formula is C15H27N3S. The van der Waals surface area contributed by atoms with Gasteiger partial charge in [0.1, 0.15) is 0 Å². The van der Waals surface area contributed by atoms with E-state index in [4.69, 9.17) is 5.10 Å². The van der Waals surface area contributed by atoms with E-state index in [-0.39, 0.29) is 0 Å². The van der Waals surface area contributed by atoms with Crippen molar-refractivity contribution in [3.8, 4) is 0 Å². The summed E-state index contributed by atoms with van der Waals surface area (Å²) >= 11 is 2.07. The molecule has 1 aliphatic heterocycles. The van der Waals surface area contributed by atoms with E-state index in [0.717, 1.165) is 31.7 Å². The Bertz CT molecular complexity index is 373. The Hall–Kier alpha value is -0.480. The number of hydrogen-bond donors (Lipinski definition) is 1. The van der Waals surface area contributed by atoms with Crippen molar-refractivity contribution in [2.24, 2.45) is 5.92 Å². The van der Waals surface area contributed by atoms with Crippen LogP contribution in [0.1, 0.15) is 45.3 Å². The summed E-state index contributed by atoms with van der Waals surface area (Å²) in [6.45, 7) is 7.75. The summed E-state index contributed by atoms with van der Waals surface area (Å²) in [6, 6.07) is 3.45. The SMILES string of the molecule is CCNC1CSCC1Cc1ccn(C(CC)CC)n1. The average Bonchev–Trinajstić information content (AvgIpc) is 3.03. The zero-order chi connectivity index (χ0) is 13.7. The zero-order valence-corrected chi connectivity index (χ0v) is 13.2. The summed E-state index contributed by atoms with van der Waals surface area (Å²) in [5.74, 6) is 3.27. The van der Waals surface area contributed by atoms with Crippen molar-refractivity contribution in [2.45, 2.75) is 52.1 Å². The van der Waals surface area contributed by atoms with Gasteiger partial charge in [0.05, 0.1) is 11.7 Å². The van der Waals surface area contributed by atoms with Gasteiger partial charge < -0.3 is 5.32 Å². The van der Waals surface area contributed by atoms with Crippen LogP contribution in [0.4, 0.5) is 0 Å². The van der Waals surface area contributed by atoms with Crippen molar-refractivity contribution < 1.29 is 0 Å². The zero-order valence-electron chi connectivity index (χ0n) is 12.4. The maximum atomic E-state index is 4.79. The number of aromatic nitrogens is 2. The molecule has 2 rings (SSSR count). The van der Waals surface area contributed by atoms with Crippen LogP contribution in [0.2, 0.25) is 0 Å². The highest BCUT2D eigenvalue weighted by atomic mass is 32.2. The molecule has 0 spiro atoms. The monoisotopic (exact) mass is 281 g/mol. The lowest BCUT2D eigenvalue weighted by Crippen LogP contribution is -2.36. The van der Waals surface area contributed by atoms with Crippen molar-refractivity contribution in [1.82, 2.24) is 15.1 Å². The van der Waals surface area contributed by atoms with Gasteiger partial charge in [0.2, 0.25) is 0 Å². The van der Waals surface area contributed by atoms with E-state index in [9.17, 15) is 0 Å². The Morgan fingerprint density at radius 1 is 1.37 bits per heavy atom. The lowest BCUT2D eigenvalue weighted by Gasteiger charge is -2.18. The molecule has 1 aliphatic rings. The van der Waals surface area contributed by atoms with Gasteiger partial charge in [-0.05, 0) is 43.5 Å². The van der Waals surface area contributed by atoms with Gasteiger partial charge in [0.15, 0.2) is 0 Å². The molecule has 19 heavy (non-hydrogen) atoms.